The Kier molecular flexibility index (Phi) is 5.40. The Bertz CT molecular complexity index is 293. The third-order valence-corrected chi connectivity index (χ3v) is 2.48. The van der Waals surface area contributed by atoms with E-state index >= 15 is 0 Å². The van der Waals surface area contributed by atoms with E-state index < -0.39 is 11.7 Å². The summed E-state index contributed by atoms with van der Waals surface area (Å²) >= 11 is 0. The molecule has 0 bridgehead atoms. The Morgan fingerprint density at radius 3 is 2.44 bits per heavy atom. The van der Waals surface area contributed by atoms with Gasteiger partial charge in [0, 0.05) is 39.1 Å². The van der Waals surface area contributed by atoms with Crippen LogP contribution in [0.3, 0.4) is 0 Å². The van der Waals surface area contributed by atoms with Gasteiger partial charge in [-0.2, -0.15) is 0 Å². The highest BCUT2D eigenvalue weighted by Gasteiger charge is 2.18. The minimum atomic E-state index is -0.507. The van der Waals surface area contributed by atoms with E-state index in [0.717, 1.165) is 26.2 Å². The van der Waals surface area contributed by atoms with Crippen molar-refractivity contribution in [1.82, 2.24) is 15.5 Å². The van der Waals surface area contributed by atoms with Crippen LogP contribution in [-0.2, 0) is 9.53 Å². The molecule has 18 heavy (non-hydrogen) atoms. The van der Waals surface area contributed by atoms with E-state index in [0.29, 0.717) is 13.0 Å². The summed E-state index contributed by atoms with van der Waals surface area (Å²) in [6, 6.07) is 0. The SMILES string of the molecule is CC(C)(C)OC(=O)NCCC(=O)N1CCNCC1. The van der Waals surface area contributed by atoms with Gasteiger partial charge < -0.3 is 20.3 Å². The third-order valence-electron chi connectivity index (χ3n) is 2.48. The van der Waals surface area contributed by atoms with Crippen LogP contribution in [0.25, 0.3) is 0 Å². The minimum absolute atomic E-state index is 0.0764. The van der Waals surface area contributed by atoms with Crippen LogP contribution in [0, 0.1) is 0 Å². The van der Waals surface area contributed by atoms with Crippen LogP contribution in [0.5, 0.6) is 0 Å². The molecule has 0 spiro atoms. The van der Waals surface area contributed by atoms with Crippen LogP contribution in [0.4, 0.5) is 4.79 Å². The number of ether oxygens (including phenoxy) is 1. The summed E-state index contributed by atoms with van der Waals surface area (Å²) in [5.41, 5.74) is -0.507. The van der Waals surface area contributed by atoms with Crippen LogP contribution in [-0.4, -0.2) is 55.2 Å². The number of rotatable bonds is 3. The second kappa shape index (κ2) is 6.58. The molecule has 2 N–H and O–H groups in total. The van der Waals surface area contributed by atoms with Gasteiger partial charge >= 0.3 is 6.09 Å². The zero-order chi connectivity index (χ0) is 13.6. The molecule has 0 saturated carbocycles. The normalized spacial score (nSPS) is 16.3. The van der Waals surface area contributed by atoms with Gasteiger partial charge in [0.1, 0.15) is 5.60 Å². The van der Waals surface area contributed by atoms with E-state index in [2.05, 4.69) is 10.6 Å². The molecular formula is C12H23N3O3. The number of alkyl carbamates (subject to hydrolysis) is 1. The van der Waals surface area contributed by atoms with Crippen molar-refractivity contribution in [3.05, 3.63) is 0 Å². The predicted molar refractivity (Wildman–Crippen MR) is 68.3 cm³/mol. The molecule has 1 heterocycles. The van der Waals surface area contributed by atoms with Gasteiger partial charge in [0.15, 0.2) is 0 Å². The number of carbonyl (C=O) groups is 2. The highest BCUT2D eigenvalue weighted by molar-refractivity contribution is 5.77. The molecule has 0 aromatic rings. The fraction of sp³-hybridized carbons (Fsp3) is 0.833. The van der Waals surface area contributed by atoms with Gasteiger partial charge in [0.25, 0.3) is 0 Å². The predicted octanol–water partition coefficient (Wildman–Crippen LogP) is 0.333. The molecule has 0 atom stereocenters. The average Bonchev–Trinajstić information content (AvgIpc) is 2.27. The van der Waals surface area contributed by atoms with Crippen LogP contribution in [0.1, 0.15) is 27.2 Å². The molecule has 0 aromatic heterocycles. The molecule has 2 amide bonds. The molecule has 104 valence electrons. The summed E-state index contributed by atoms with van der Waals surface area (Å²) < 4.78 is 5.08. The van der Waals surface area contributed by atoms with Crippen molar-refractivity contribution < 1.29 is 14.3 Å². The molecule has 1 aliphatic rings. The molecule has 0 radical (unpaired) electrons. The fourth-order valence-electron chi connectivity index (χ4n) is 1.66. The number of piperazine rings is 1. The number of nitrogens with one attached hydrogen (secondary N) is 2. The number of amides is 2. The summed E-state index contributed by atoms with van der Waals surface area (Å²) in [7, 11) is 0. The van der Waals surface area contributed by atoms with E-state index in [1.54, 1.807) is 20.8 Å². The topological polar surface area (TPSA) is 70.7 Å². The second-order valence-corrected chi connectivity index (χ2v) is 5.31. The standard InChI is InChI=1S/C12H23N3O3/c1-12(2,3)18-11(17)14-5-4-10(16)15-8-6-13-7-9-15/h13H,4-9H2,1-3H3,(H,14,17). The molecule has 6 nitrogen and oxygen atoms in total. The first-order valence-electron chi connectivity index (χ1n) is 6.34. The highest BCUT2D eigenvalue weighted by Crippen LogP contribution is 2.06. The van der Waals surface area contributed by atoms with Crippen molar-refractivity contribution in [2.75, 3.05) is 32.7 Å². The zero-order valence-electron chi connectivity index (χ0n) is 11.4. The van der Waals surface area contributed by atoms with Gasteiger partial charge in [-0.15, -0.1) is 0 Å². The maximum absolute atomic E-state index is 11.8. The van der Waals surface area contributed by atoms with Crippen molar-refractivity contribution in [3.63, 3.8) is 0 Å². The summed E-state index contributed by atoms with van der Waals surface area (Å²) in [6.07, 6.45) is -0.158. The number of carbonyl (C=O) groups excluding carboxylic acids is 2. The number of nitrogens with zero attached hydrogens (tertiary/aromatic N) is 1. The summed E-state index contributed by atoms with van der Waals surface area (Å²) in [4.78, 5) is 24.9. The second-order valence-electron chi connectivity index (χ2n) is 5.31. The summed E-state index contributed by atoms with van der Waals surface area (Å²) in [6.45, 7) is 8.89. The van der Waals surface area contributed by atoms with Crippen molar-refractivity contribution in [2.24, 2.45) is 0 Å². The Morgan fingerprint density at radius 1 is 1.28 bits per heavy atom. The molecular weight excluding hydrogens is 234 g/mol. The van der Waals surface area contributed by atoms with Gasteiger partial charge in [0.05, 0.1) is 0 Å². The maximum atomic E-state index is 11.8. The van der Waals surface area contributed by atoms with Crippen molar-refractivity contribution in [3.8, 4) is 0 Å². The third kappa shape index (κ3) is 5.86. The quantitative estimate of drug-likeness (QED) is 0.764. The van der Waals surface area contributed by atoms with Crippen LogP contribution in [0.15, 0.2) is 0 Å². The molecule has 1 aliphatic heterocycles. The van der Waals surface area contributed by atoms with Gasteiger partial charge in [-0.05, 0) is 20.8 Å². The van der Waals surface area contributed by atoms with Crippen molar-refractivity contribution in [1.29, 1.82) is 0 Å². The van der Waals surface area contributed by atoms with Gasteiger partial charge in [-0.25, -0.2) is 4.79 Å². The van der Waals surface area contributed by atoms with Gasteiger partial charge in [0.2, 0.25) is 5.91 Å². The first-order valence-corrected chi connectivity index (χ1v) is 6.34. The van der Waals surface area contributed by atoms with Crippen LogP contribution < -0.4 is 10.6 Å². The maximum Gasteiger partial charge on any atom is 0.407 e. The fourth-order valence-corrected chi connectivity index (χ4v) is 1.66. The molecule has 0 aromatic carbocycles. The van der Waals surface area contributed by atoms with E-state index in [4.69, 9.17) is 4.74 Å². The molecule has 1 saturated heterocycles. The Balaban J connectivity index is 2.17. The van der Waals surface area contributed by atoms with Crippen LogP contribution in [0.2, 0.25) is 0 Å². The Morgan fingerprint density at radius 2 is 1.89 bits per heavy atom. The van der Waals surface area contributed by atoms with Crippen LogP contribution >= 0.6 is 0 Å². The lowest BCUT2D eigenvalue weighted by Crippen LogP contribution is -2.47. The first-order chi connectivity index (χ1) is 8.38. The summed E-state index contributed by atoms with van der Waals surface area (Å²) in [5.74, 6) is 0.0764. The van der Waals surface area contributed by atoms with E-state index in [1.165, 1.54) is 0 Å². The van der Waals surface area contributed by atoms with Crippen molar-refractivity contribution >= 4 is 12.0 Å². The van der Waals surface area contributed by atoms with Gasteiger partial charge in [-0.1, -0.05) is 0 Å². The van der Waals surface area contributed by atoms with E-state index in [-0.39, 0.29) is 5.91 Å². The first kappa shape index (κ1) is 14.8. The number of hydrogen-bond acceptors (Lipinski definition) is 4. The monoisotopic (exact) mass is 257 g/mol. The average molecular weight is 257 g/mol. The smallest absolute Gasteiger partial charge is 0.407 e. The molecule has 1 fully saturated rings. The van der Waals surface area contributed by atoms with Gasteiger partial charge in [-0.3, -0.25) is 4.79 Å². The lowest BCUT2D eigenvalue weighted by Gasteiger charge is -2.27. The Hall–Kier alpha value is -1.30. The molecule has 0 unspecified atom stereocenters. The Labute approximate surface area is 108 Å². The molecule has 1 rings (SSSR count). The lowest BCUT2D eigenvalue weighted by molar-refractivity contribution is -0.131. The summed E-state index contributed by atoms with van der Waals surface area (Å²) in [5, 5.41) is 5.77. The largest absolute Gasteiger partial charge is 0.444 e. The van der Waals surface area contributed by atoms with E-state index in [9.17, 15) is 9.59 Å². The van der Waals surface area contributed by atoms with E-state index in [1.807, 2.05) is 4.90 Å². The molecule has 6 heteroatoms. The number of hydrogen-bond donors (Lipinski definition) is 2. The molecule has 0 aliphatic carbocycles. The van der Waals surface area contributed by atoms with Crippen molar-refractivity contribution in [2.45, 2.75) is 32.8 Å². The lowest BCUT2D eigenvalue weighted by atomic mass is 10.2. The highest BCUT2D eigenvalue weighted by atomic mass is 16.6. The zero-order valence-corrected chi connectivity index (χ0v) is 11.4. The minimum Gasteiger partial charge on any atom is -0.444 e.